The van der Waals surface area contributed by atoms with Gasteiger partial charge in [-0.05, 0) is 30.7 Å². The number of aromatic nitrogens is 2. The molecule has 5 rings (SSSR count). The van der Waals surface area contributed by atoms with Crippen molar-refractivity contribution < 1.29 is 9.90 Å². The number of benzene rings is 2. The molecule has 0 aliphatic carbocycles. The number of aliphatic hydroxyl groups excluding tert-OH is 1. The minimum absolute atomic E-state index is 0.00432. The molecule has 2 amide bonds. The fourth-order valence-electron chi connectivity index (χ4n) is 5.57. The number of aryl methyl sites for hydroxylation is 1. The summed E-state index contributed by atoms with van der Waals surface area (Å²) >= 11 is 6.14. The highest BCUT2D eigenvalue weighted by Crippen LogP contribution is 2.31. The molecular weight excluding hydrogens is 500 g/mol. The zero-order valence-electron chi connectivity index (χ0n) is 22.5. The van der Waals surface area contributed by atoms with Gasteiger partial charge in [-0.1, -0.05) is 41.9 Å². The SMILES string of the molecule is Cc1ccccc1N1CCN(CC(O)Cn2nc(-c3ccc(Cl)cc3)c3c2CCN(C(=O)N(C)C)C3)CC1. The van der Waals surface area contributed by atoms with Crippen LogP contribution < -0.4 is 4.90 Å². The summed E-state index contributed by atoms with van der Waals surface area (Å²) in [7, 11) is 3.55. The smallest absolute Gasteiger partial charge is 0.319 e. The van der Waals surface area contributed by atoms with Crippen LogP contribution in [0.3, 0.4) is 0 Å². The third-order valence-corrected chi connectivity index (χ3v) is 7.84. The highest BCUT2D eigenvalue weighted by Gasteiger charge is 2.30. The summed E-state index contributed by atoms with van der Waals surface area (Å²) < 4.78 is 1.96. The summed E-state index contributed by atoms with van der Waals surface area (Å²) in [6, 6.07) is 16.2. The van der Waals surface area contributed by atoms with Crippen molar-refractivity contribution in [2.24, 2.45) is 0 Å². The van der Waals surface area contributed by atoms with Crippen molar-refractivity contribution in [1.82, 2.24) is 24.5 Å². The van der Waals surface area contributed by atoms with E-state index in [1.54, 1.807) is 19.0 Å². The predicted octanol–water partition coefficient (Wildman–Crippen LogP) is 3.73. The van der Waals surface area contributed by atoms with Crippen LogP contribution in [0.1, 0.15) is 16.8 Å². The molecule has 1 aromatic heterocycles. The normalized spacial score (nSPS) is 16.9. The van der Waals surface area contributed by atoms with Crippen molar-refractivity contribution in [2.45, 2.75) is 32.5 Å². The number of hydrogen-bond donors (Lipinski definition) is 1. The molecule has 1 unspecified atom stereocenters. The molecule has 202 valence electrons. The molecule has 1 N–H and O–H groups in total. The number of para-hydroxylation sites is 1. The van der Waals surface area contributed by atoms with E-state index < -0.39 is 6.10 Å². The highest BCUT2D eigenvalue weighted by atomic mass is 35.5. The Labute approximate surface area is 230 Å². The minimum atomic E-state index is -0.538. The number of anilines is 1. The molecular formula is C29H37ClN6O2. The van der Waals surface area contributed by atoms with Crippen molar-refractivity contribution in [2.75, 3.05) is 58.3 Å². The van der Waals surface area contributed by atoms with E-state index in [-0.39, 0.29) is 6.03 Å². The lowest BCUT2D eigenvalue weighted by atomic mass is 10.0. The number of carbonyl (C=O) groups excluding carboxylic acids is 1. The average molecular weight is 537 g/mol. The molecule has 38 heavy (non-hydrogen) atoms. The molecule has 1 fully saturated rings. The number of urea groups is 1. The molecule has 2 aromatic carbocycles. The first-order chi connectivity index (χ1) is 18.3. The summed E-state index contributed by atoms with van der Waals surface area (Å²) in [5.74, 6) is 0. The first-order valence-electron chi connectivity index (χ1n) is 13.3. The van der Waals surface area contributed by atoms with Crippen molar-refractivity contribution in [3.63, 3.8) is 0 Å². The van der Waals surface area contributed by atoms with Gasteiger partial charge < -0.3 is 19.8 Å². The maximum atomic E-state index is 12.7. The molecule has 1 saturated heterocycles. The number of piperazine rings is 1. The number of nitrogens with zero attached hydrogens (tertiary/aromatic N) is 6. The number of hydrogen-bond acceptors (Lipinski definition) is 5. The largest absolute Gasteiger partial charge is 0.390 e. The Morgan fingerprint density at radius 1 is 1.03 bits per heavy atom. The fraction of sp³-hybridized carbons (Fsp3) is 0.448. The second-order valence-corrected chi connectivity index (χ2v) is 11.0. The van der Waals surface area contributed by atoms with E-state index in [1.165, 1.54) is 11.3 Å². The number of rotatable bonds is 6. The van der Waals surface area contributed by atoms with Gasteiger partial charge in [0.1, 0.15) is 0 Å². The van der Waals surface area contributed by atoms with E-state index in [4.69, 9.17) is 16.7 Å². The summed E-state index contributed by atoms with van der Waals surface area (Å²) in [6.45, 7) is 8.06. The van der Waals surface area contributed by atoms with Crippen LogP contribution in [0.15, 0.2) is 48.5 Å². The average Bonchev–Trinajstić information content (AvgIpc) is 3.26. The lowest BCUT2D eigenvalue weighted by Gasteiger charge is -2.37. The predicted molar refractivity (Wildman–Crippen MR) is 152 cm³/mol. The molecule has 0 radical (unpaired) electrons. The topological polar surface area (TPSA) is 68.1 Å². The zero-order valence-corrected chi connectivity index (χ0v) is 23.2. The summed E-state index contributed by atoms with van der Waals surface area (Å²) in [5, 5.41) is 16.7. The number of halogens is 1. The van der Waals surface area contributed by atoms with Crippen molar-refractivity contribution in [3.8, 4) is 11.3 Å². The second-order valence-electron chi connectivity index (χ2n) is 10.5. The van der Waals surface area contributed by atoms with Gasteiger partial charge in [0.2, 0.25) is 0 Å². The zero-order chi connectivity index (χ0) is 26.8. The van der Waals surface area contributed by atoms with E-state index in [9.17, 15) is 9.90 Å². The highest BCUT2D eigenvalue weighted by molar-refractivity contribution is 6.30. The molecule has 8 nitrogen and oxygen atoms in total. The van der Waals surface area contributed by atoms with Gasteiger partial charge in [0, 0.05) is 87.3 Å². The fourth-order valence-corrected chi connectivity index (χ4v) is 5.70. The van der Waals surface area contributed by atoms with Gasteiger partial charge in [0.05, 0.1) is 24.9 Å². The summed E-state index contributed by atoms with van der Waals surface area (Å²) in [6.07, 6.45) is 0.167. The van der Waals surface area contributed by atoms with Gasteiger partial charge >= 0.3 is 6.03 Å². The number of β-amino-alcohol motifs (C(OH)–C–C–N with tert-alkyl or cyclic N) is 1. The van der Waals surface area contributed by atoms with Crippen LogP contribution in [-0.2, 0) is 19.5 Å². The van der Waals surface area contributed by atoms with Gasteiger partial charge in [-0.25, -0.2) is 4.79 Å². The quantitative estimate of drug-likeness (QED) is 0.520. The maximum absolute atomic E-state index is 12.7. The van der Waals surface area contributed by atoms with E-state index >= 15 is 0 Å². The Morgan fingerprint density at radius 2 is 1.74 bits per heavy atom. The van der Waals surface area contributed by atoms with E-state index in [2.05, 4.69) is 41.0 Å². The Balaban J connectivity index is 1.29. The molecule has 0 saturated carbocycles. The molecule has 0 spiro atoms. The summed E-state index contributed by atoms with van der Waals surface area (Å²) in [4.78, 5) is 20.9. The second kappa shape index (κ2) is 11.4. The van der Waals surface area contributed by atoms with Gasteiger partial charge in [0.15, 0.2) is 0 Å². The molecule has 0 bridgehead atoms. The van der Waals surface area contributed by atoms with E-state index in [0.29, 0.717) is 37.6 Å². The van der Waals surface area contributed by atoms with Crippen LogP contribution in [0, 0.1) is 6.92 Å². The third-order valence-electron chi connectivity index (χ3n) is 7.59. The lowest BCUT2D eigenvalue weighted by Crippen LogP contribution is -2.49. The summed E-state index contributed by atoms with van der Waals surface area (Å²) in [5.41, 5.74) is 6.56. The Bertz CT molecular complexity index is 1270. The molecule has 3 heterocycles. The maximum Gasteiger partial charge on any atom is 0.319 e. The Hall–Kier alpha value is -3.07. The number of carbonyl (C=O) groups is 1. The Morgan fingerprint density at radius 3 is 2.42 bits per heavy atom. The van der Waals surface area contributed by atoms with Crippen LogP contribution >= 0.6 is 11.6 Å². The molecule has 2 aliphatic rings. The van der Waals surface area contributed by atoms with Crippen molar-refractivity contribution in [3.05, 3.63) is 70.4 Å². The standard InChI is InChI=1S/C29H37ClN6O2/c1-21-6-4-5-7-26(21)34-16-14-33(15-17-34)18-24(37)19-36-27-12-13-35(29(38)32(2)3)20-25(27)28(31-36)22-8-10-23(30)11-9-22/h4-11,24,37H,12-20H2,1-3H3. The number of amides is 2. The minimum Gasteiger partial charge on any atom is -0.390 e. The molecule has 2 aliphatic heterocycles. The van der Waals surface area contributed by atoms with Crippen LogP contribution in [0.4, 0.5) is 10.5 Å². The van der Waals surface area contributed by atoms with E-state index in [1.807, 2.05) is 33.8 Å². The first kappa shape index (κ1) is 26.5. The van der Waals surface area contributed by atoms with Gasteiger partial charge in [-0.3, -0.25) is 9.58 Å². The van der Waals surface area contributed by atoms with Crippen molar-refractivity contribution >= 4 is 23.3 Å². The first-order valence-corrected chi connectivity index (χ1v) is 13.7. The number of fused-ring (bicyclic) bond motifs is 1. The van der Waals surface area contributed by atoms with Gasteiger partial charge in [-0.2, -0.15) is 5.10 Å². The van der Waals surface area contributed by atoms with E-state index in [0.717, 1.165) is 48.7 Å². The third kappa shape index (κ3) is 5.67. The molecule has 1 atom stereocenters. The number of aliphatic hydroxyl groups is 1. The Kier molecular flexibility index (Phi) is 7.93. The van der Waals surface area contributed by atoms with Crippen LogP contribution in [-0.4, -0.2) is 95.1 Å². The van der Waals surface area contributed by atoms with Gasteiger partial charge in [-0.15, -0.1) is 0 Å². The van der Waals surface area contributed by atoms with Crippen LogP contribution in [0.5, 0.6) is 0 Å². The van der Waals surface area contributed by atoms with Gasteiger partial charge in [0.25, 0.3) is 0 Å². The van der Waals surface area contributed by atoms with Crippen LogP contribution in [0.25, 0.3) is 11.3 Å². The molecule has 9 heteroatoms. The van der Waals surface area contributed by atoms with Crippen LogP contribution in [0.2, 0.25) is 5.02 Å². The lowest BCUT2D eigenvalue weighted by molar-refractivity contribution is 0.0908. The van der Waals surface area contributed by atoms with Crippen molar-refractivity contribution in [1.29, 1.82) is 0 Å². The monoisotopic (exact) mass is 536 g/mol. The molecule has 3 aromatic rings.